The van der Waals surface area contributed by atoms with Crippen LogP contribution in [0.2, 0.25) is 0 Å². The number of rotatable bonds is 6. The van der Waals surface area contributed by atoms with E-state index in [0.717, 1.165) is 11.3 Å². The second-order valence-corrected chi connectivity index (χ2v) is 7.74. The topological polar surface area (TPSA) is 77.0 Å². The largest absolute Gasteiger partial charge is 0.490 e. The van der Waals surface area contributed by atoms with E-state index in [9.17, 15) is 9.59 Å². The number of benzene rings is 3. The van der Waals surface area contributed by atoms with Crippen LogP contribution in [0.15, 0.2) is 88.8 Å². The molecule has 0 aliphatic carbocycles. The van der Waals surface area contributed by atoms with Gasteiger partial charge in [0, 0.05) is 0 Å². The molecule has 1 N–H and O–H groups in total. The molecule has 7 heteroatoms. The quantitative estimate of drug-likeness (QED) is 0.321. The zero-order valence-electron chi connectivity index (χ0n) is 17.3. The van der Waals surface area contributed by atoms with Gasteiger partial charge in [0.25, 0.3) is 5.91 Å². The monoisotopic (exact) mass is 444 g/mol. The van der Waals surface area contributed by atoms with E-state index in [1.165, 1.54) is 11.8 Å². The fourth-order valence-corrected chi connectivity index (χ4v) is 3.79. The van der Waals surface area contributed by atoms with Gasteiger partial charge in [0.05, 0.1) is 22.8 Å². The average molecular weight is 445 g/mol. The molecule has 1 fully saturated rings. The van der Waals surface area contributed by atoms with Crippen LogP contribution in [0.25, 0.3) is 6.08 Å². The number of amides is 1. The number of carbonyl (C=O) groups is 2. The smallest absolute Gasteiger partial charge is 0.343 e. The van der Waals surface area contributed by atoms with E-state index in [2.05, 4.69) is 10.3 Å². The van der Waals surface area contributed by atoms with Crippen LogP contribution in [0.4, 0.5) is 5.69 Å². The van der Waals surface area contributed by atoms with Crippen molar-refractivity contribution in [2.24, 2.45) is 4.99 Å². The highest BCUT2D eigenvalue weighted by atomic mass is 32.2. The molecule has 3 aromatic rings. The second kappa shape index (κ2) is 9.98. The number of hydrogen-bond acceptors (Lipinski definition) is 6. The van der Waals surface area contributed by atoms with E-state index in [1.807, 2.05) is 43.3 Å². The summed E-state index contributed by atoms with van der Waals surface area (Å²) in [4.78, 5) is 29.7. The van der Waals surface area contributed by atoms with Gasteiger partial charge in [0.2, 0.25) is 0 Å². The Morgan fingerprint density at radius 1 is 1.00 bits per heavy atom. The van der Waals surface area contributed by atoms with Crippen LogP contribution in [-0.2, 0) is 4.79 Å². The molecule has 0 unspecified atom stereocenters. The lowest BCUT2D eigenvalue weighted by atomic mass is 10.1. The molecule has 0 saturated carbocycles. The van der Waals surface area contributed by atoms with Gasteiger partial charge in [0.15, 0.2) is 16.7 Å². The van der Waals surface area contributed by atoms with E-state index in [0.29, 0.717) is 33.7 Å². The Labute approximate surface area is 190 Å². The summed E-state index contributed by atoms with van der Waals surface area (Å²) in [5, 5.41) is 3.29. The van der Waals surface area contributed by atoms with Gasteiger partial charge in [-0.2, -0.15) is 0 Å². The summed E-state index contributed by atoms with van der Waals surface area (Å²) in [7, 11) is 0. The van der Waals surface area contributed by atoms with Gasteiger partial charge in [-0.1, -0.05) is 42.5 Å². The summed E-state index contributed by atoms with van der Waals surface area (Å²) in [6, 6.07) is 23.3. The van der Waals surface area contributed by atoms with Gasteiger partial charge in [-0.25, -0.2) is 9.79 Å². The van der Waals surface area contributed by atoms with Gasteiger partial charge in [0.1, 0.15) is 0 Å². The third kappa shape index (κ3) is 5.25. The van der Waals surface area contributed by atoms with Crippen molar-refractivity contribution in [3.63, 3.8) is 0 Å². The lowest BCUT2D eigenvalue weighted by Crippen LogP contribution is -2.19. The molecular weight excluding hydrogens is 424 g/mol. The summed E-state index contributed by atoms with van der Waals surface area (Å²) in [5.41, 5.74) is 1.96. The molecule has 32 heavy (non-hydrogen) atoms. The van der Waals surface area contributed by atoms with Crippen LogP contribution in [-0.4, -0.2) is 23.7 Å². The van der Waals surface area contributed by atoms with Crippen LogP contribution < -0.4 is 14.8 Å². The van der Waals surface area contributed by atoms with E-state index in [1.54, 1.807) is 48.5 Å². The Balaban J connectivity index is 1.54. The summed E-state index contributed by atoms with van der Waals surface area (Å²) >= 11 is 1.26. The van der Waals surface area contributed by atoms with E-state index < -0.39 is 5.97 Å². The molecule has 1 aliphatic rings. The van der Waals surface area contributed by atoms with E-state index >= 15 is 0 Å². The highest BCUT2D eigenvalue weighted by molar-refractivity contribution is 8.18. The molecular formula is C25H20N2O4S. The van der Waals surface area contributed by atoms with Crippen molar-refractivity contribution in [2.45, 2.75) is 6.92 Å². The molecule has 0 spiro atoms. The van der Waals surface area contributed by atoms with E-state index in [-0.39, 0.29) is 5.91 Å². The fourth-order valence-electron chi connectivity index (χ4n) is 2.95. The Morgan fingerprint density at radius 2 is 1.72 bits per heavy atom. The maximum atomic E-state index is 12.4. The molecule has 1 saturated heterocycles. The molecule has 6 nitrogen and oxygen atoms in total. The van der Waals surface area contributed by atoms with Crippen molar-refractivity contribution in [1.29, 1.82) is 0 Å². The second-order valence-electron chi connectivity index (χ2n) is 6.71. The number of esters is 1. The maximum Gasteiger partial charge on any atom is 0.343 e. The van der Waals surface area contributed by atoms with Gasteiger partial charge in [-0.3, -0.25) is 4.79 Å². The fraction of sp³-hybridized carbons (Fsp3) is 0.0800. The minimum atomic E-state index is -0.467. The zero-order chi connectivity index (χ0) is 22.3. The van der Waals surface area contributed by atoms with Gasteiger partial charge >= 0.3 is 5.97 Å². The first-order chi connectivity index (χ1) is 15.6. The summed E-state index contributed by atoms with van der Waals surface area (Å²) in [6.45, 7) is 2.25. The number of nitrogens with zero attached hydrogens (tertiary/aromatic N) is 1. The first-order valence-electron chi connectivity index (χ1n) is 10.0. The number of para-hydroxylation sites is 1. The Hall–Kier alpha value is -3.84. The third-order valence-electron chi connectivity index (χ3n) is 4.42. The standard InChI is InChI=1S/C25H20N2O4S/c1-2-30-21-15-17(13-14-20(21)31-24(29)18-9-5-3-6-10-18)16-22-23(28)27-25(32-22)26-19-11-7-4-8-12-19/h3-16H,2H2,1H3,(H,26,27,28)/b22-16+. The highest BCUT2D eigenvalue weighted by Gasteiger charge is 2.24. The van der Waals surface area contributed by atoms with Crippen LogP contribution in [0, 0.1) is 0 Å². The van der Waals surface area contributed by atoms with Crippen molar-refractivity contribution < 1.29 is 19.1 Å². The minimum absolute atomic E-state index is 0.220. The number of hydrogen-bond donors (Lipinski definition) is 1. The highest BCUT2D eigenvalue weighted by Crippen LogP contribution is 2.33. The average Bonchev–Trinajstić information content (AvgIpc) is 3.15. The lowest BCUT2D eigenvalue weighted by Gasteiger charge is -2.11. The molecule has 1 amide bonds. The summed E-state index contributed by atoms with van der Waals surface area (Å²) in [6.07, 6.45) is 1.75. The van der Waals surface area contributed by atoms with Crippen molar-refractivity contribution >= 4 is 40.6 Å². The maximum absolute atomic E-state index is 12.4. The number of thioether (sulfide) groups is 1. The summed E-state index contributed by atoms with van der Waals surface area (Å²) in [5.74, 6) is 0.0535. The molecule has 0 bridgehead atoms. The van der Waals surface area contributed by atoms with Gasteiger partial charge in [-0.05, 0) is 66.7 Å². The van der Waals surface area contributed by atoms with Gasteiger partial charge < -0.3 is 14.8 Å². The van der Waals surface area contributed by atoms with Crippen LogP contribution >= 0.6 is 11.8 Å². The molecule has 0 aromatic heterocycles. The van der Waals surface area contributed by atoms with Crippen molar-refractivity contribution in [2.75, 3.05) is 6.61 Å². The Morgan fingerprint density at radius 3 is 2.44 bits per heavy atom. The molecule has 1 heterocycles. The number of carbonyl (C=O) groups excluding carboxylic acids is 2. The molecule has 1 aliphatic heterocycles. The SMILES string of the molecule is CCOc1cc(/C=C2/SC(=Nc3ccccc3)NC2=O)ccc1OC(=O)c1ccccc1. The van der Waals surface area contributed by atoms with Crippen molar-refractivity contribution in [3.05, 3.63) is 94.9 Å². The van der Waals surface area contributed by atoms with Crippen molar-refractivity contribution in [1.82, 2.24) is 5.32 Å². The molecule has 0 atom stereocenters. The Bertz CT molecular complexity index is 1190. The first kappa shape index (κ1) is 21.4. The first-order valence-corrected chi connectivity index (χ1v) is 10.8. The molecule has 160 valence electrons. The number of amidine groups is 1. The normalized spacial score (nSPS) is 15.6. The molecule has 3 aromatic carbocycles. The number of nitrogens with one attached hydrogen (secondary N) is 1. The Kier molecular flexibility index (Phi) is 6.67. The molecule has 4 rings (SSSR count). The predicted octanol–water partition coefficient (Wildman–Crippen LogP) is 5.20. The third-order valence-corrected chi connectivity index (χ3v) is 5.33. The van der Waals surface area contributed by atoms with E-state index in [4.69, 9.17) is 9.47 Å². The molecule has 0 radical (unpaired) electrons. The van der Waals surface area contributed by atoms with Crippen LogP contribution in [0.3, 0.4) is 0 Å². The summed E-state index contributed by atoms with van der Waals surface area (Å²) < 4.78 is 11.2. The number of aliphatic imine (C=N–C) groups is 1. The van der Waals surface area contributed by atoms with Crippen LogP contribution in [0.5, 0.6) is 11.5 Å². The van der Waals surface area contributed by atoms with Crippen LogP contribution in [0.1, 0.15) is 22.8 Å². The zero-order valence-corrected chi connectivity index (χ0v) is 18.1. The number of ether oxygens (including phenoxy) is 2. The minimum Gasteiger partial charge on any atom is -0.490 e. The van der Waals surface area contributed by atoms with Gasteiger partial charge in [-0.15, -0.1) is 0 Å². The van der Waals surface area contributed by atoms with Crippen molar-refractivity contribution in [3.8, 4) is 11.5 Å². The predicted molar refractivity (Wildman–Crippen MR) is 126 cm³/mol. The lowest BCUT2D eigenvalue weighted by molar-refractivity contribution is -0.115.